The SMILES string of the molecule is CC1(C)CN(c2ccc(C#N)nn2)CC1c1ccccc1. The third-order valence-electron chi connectivity index (χ3n) is 4.24. The summed E-state index contributed by atoms with van der Waals surface area (Å²) in [5.41, 5.74) is 1.90. The monoisotopic (exact) mass is 278 g/mol. The van der Waals surface area contributed by atoms with Gasteiger partial charge in [-0.3, -0.25) is 0 Å². The zero-order valence-electron chi connectivity index (χ0n) is 12.3. The molecule has 1 aromatic heterocycles. The first kappa shape index (κ1) is 13.6. The Labute approximate surface area is 125 Å². The fourth-order valence-corrected chi connectivity index (χ4v) is 3.10. The van der Waals surface area contributed by atoms with Crippen molar-refractivity contribution >= 4 is 5.82 Å². The number of rotatable bonds is 2. The molecule has 0 saturated carbocycles. The molecule has 21 heavy (non-hydrogen) atoms. The third-order valence-corrected chi connectivity index (χ3v) is 4.24. The summed E-state index contributed by atoms with van der Waals surface area (Å²) in [7, 11) is 0. The van der Waals surface area contributed by atoms with Crippen molar-refractivity contribution in [1.82, 2.24) is 10.2 Å². The van der Waals surface area contributed by atoms with E-state index in [4.69, 9.17) is 5.26 Å². The summed E-state index contributed by atoms with van der Waals surface area (Å²) in [5.74, 6) is 1.32. The van der Waals surface area contributed by atoms with Crippen LogP contribution in [0, 0.1) is 16.7 Å². The van der Waals surface area contributed by atoms with E-state index in [-0.39, 0.29) is 5.41 Å². The summed E-state index contributed by atoms with van der Waals surface area (Å²) in [4.78, 5) is 2.26. The van der Waals surface area contributed by atoms with Crippen molar-refractivity contribution in [2.45, 2.75) is 19.8 Å². The highest BCUT2D eigenvalue weighted by molar-refractivity contribution is 5.43. The molecule has 0 N–H and O–H groups in total. The summed E-state index contributed by atoms with van der Waals surface area (Å²) in [5, 5.41) is 16.9. The zero-order valence-corrected chi connectivity index (χ0v) is 12.3. The molecular weight excluding hydrogens is 260 g/mol. The second kappa shape index (κ2) is 5.17. The highest BCUT2D eigenvalue weighted by Crippen LogP contribution is 2.43. The zero-order chi connectivity index (χ0) is 14.9. The minimum atomic E-state index is 0.178. The van der Waals surface area contributed by atoms with Gasteiger partial charge in [-0.1, -0.05) is 44.2 Å². The molecule has 1 aliphatic heterocycles. The molecule has 106 valence electrons. The van der Waals surface area contributed by atoms with Crippen molar-refractivity contribution in [1.29, 1.82) is 5.26 Å². The first-order chi connectivity index (χ1) is 10.1. The maximum absolute atomic E-state index is 8.80. The van der Waals surface area contributed by atoms with Gasteiger partial charge >= 0.3 is 0 Å². The molecule has 0 radical (unpaired) electrons. The summed E-state index contributed by atoms with van der Waals surface area (Å²) in [6.45, 7) is 6.45. The summed E-state index contributed by atoms with van der Waals surface area (Å²) >= 11 is 0. The van der Waals surface area contributed by atoms with E-state index < -0.39 is 0 Å². The van der Waals surface area contributed by atoms with Crippen LogP contribution in [-0.2, 0) is 0 Å². The van der Waals surface area contributed by atoms with Gasteiger partial charge in [-0.15, -0.1) is 10.2 Å². The average molecular weight is 278 g/mol. The molecule has 0 aliphatic carbocycles. The standard InChI is InChI=1S/C17H18N4/c1-17(2)12-21(16-9-8-14(10-18)19-20-16)11-15(17)13-6-4-3-5-7-13/h3-9,15H,11-12H2,1-2H3. The highest BCUT2D eigenvalue weighted by atomic mass is 15.3. The molecule has 1 saturated heterocycles. The lowest BCUT2D eigenvalue weighted by molar-refractivity contribution is 0.365. The van der Waals surface area contributed by atoms with E-state index in [2.05, 4.69) is 59.3 Å². The lowest BCUT2D eigenvalue weighted by Gasteiger charge is -2.25. The third kappa shape index (κ3) is 2.59. The summed E-state index contributed by atoms with van der Waals surface area (Å²) in [6.07, 6.45) is 0. The van der Waals surface area contributed by atoms with Gasteiger partial charge in [0.05, 0.1) is 0 Å². The molecule has 1 aliphatic rings. The van der Waals surface area contributed by atoms with Crippen molar-refractivity contribution in [2.75, 3.05) is 18.0 Å². The molecule has 4 nitrogen and oxygen atoms in total. The fraction of sp³-hybridized carbons (Fsp3) is 0.353. The quantitative estimate of drug-likeness (QED) is 0.847. The van der Waals surface area contributed by atoms with Gasteiger partial charge in [0.25, 0.3) is 0 Å². The van der Waals surface area contributed by atoms with Gasteiger partial charge in [-0.05, 0) is 23.1 Å². The number of hydrogen-bond acceptors (Lipinski definition) is 4. The second-order valence-corrected chi connectivity index (χ2v) is 6.22. The van der Waals surface area contributed by atoms with Crippen LogP contribution in [-0.4, -0.2) is 23.3 Å². The van der Waals surface area contributed by atoms with Crippen LogP contribution in [0.15, 0.2) is 42.5 Å². The number of hydrogen-bond donors (Lipinski definition) is 0. The van der Waals surface area contributed by atoms with E-state index in [1.165, 1.54) is 5.56 Å². The summed E-state index contributed by atoms with van der Waals surface area (Å²) < 4.78 is 0. The lowest BCUT2D eigenvalue weighted by Crippen LogP contribution is -2.24. The van der Waals surface area contributed by atoms with Crippen LogP contribution in [0.5, 0.6) is 0 Å². The molecule has 1 fully saturated rings. The van der Waals surface area contributed by atoms with Crippen LogP contribution >= 0.6 is 0 Å². The normalized spacial score (nSPS) is 20.2. The molecule has 2 heterocycles. The van der Waals surface area contributed by atoms with E-state index in [1.807, 2.05) is 12.1 Å². The first-order valence-electron chi connectivity index (χ1n) is 7.14. The lowest BCUT2D eigenvalue weighted by atomic mass is 9.78. The van der Waals surface area contributed by atoms with Crippen LogP contribution in [0.3, 0.4) is 0 Å². The number of aromatic nitrogens is 2. The number of nitriles is 1. The predicted octanol–water partition coefficient (Wildman–Crippen LogP) is 2.98. The van der Waals surface area contributed by atoms with Crippen LogP contribution in [0.1, 0.15) is 31.0 Å². The van der Waals surface area contributed by atoms with Crippen molar-refractivity contribution in [2.24, 2.45) is 5.41 Å². The Hall–Kier alpha value is -2.41. The number of benzene rings is 1. The fourth-order valence-electron chi connectivity index (χ4n) is 3.10. The number of anilines is 1. The topological polar surface area (TPSA) is 52.8 Å². The van der Waals surface area contributed by atoms with Gasteiger partial charge in [0, 0.05) is 19.0 Å². The number of nitrogens with zero attached hydrogens (tertiary/aromatic N) is 4. The predicted molar refractivity (Wildman–Crippen MR) is 81.9 cm³/mol. The van der Waals surface area contributed by atoms with Gasteiger partial charge < -0.3 is 4.90 Å². The first-order valence-corrected chi connectivity index (χ1v) is 7.14. The molecule has 0 bridgehead atoms. The van der Waals surface area contributed by atoms with Crippen LogP contribution in [0.4, 0.5) is 5.82 Å². The van der Waals surface area contributed by atoms with Gasteiger partial charge in [0.1, 0.15) is 6.07 Å². The Balaban J connectivity index is 1.86. The van der Waals surface area contributed by atoms with Crippen molar-refractivity contribution in [3.63, 3.8) is 0 Å². The van der Waals surface area contributed by atoms with E-state index in [0.717, 1.165) is 18.9 Å². The van der Waals surface area contributed by atoms with Gasteiger partial charge in [0.15, 0.2) is 11.5 Å². The Morgan fingerprint density at radius 2 is 1.90 bits per heavy atom. The van der Waals surface area contributed by atoms with E-state index in [0.29, 0.717) is 11.6 Å². The van der Waals surface area contributed by atoms with E-state index in [1.54, 1.807) is 6.07 Å². The minimum Gasteiger partial charge on any atom is -0.354 e. The van der Waals surface area contributed by atoms with E-state index in [9.17, 15) is 0 Å². The Morgan fingerprint density at radius 3 is 2.52 bits per heavy atom. The molecule has 3 rings (SSSR count). The maximum atomic E-state index is 8.80. The Morgan fingerprint density at radius 1 is 1.14 bits per heavy atom. The molecule has 1 unspecified atom stereocenters. The Bertz CT molecular complexity index is 655. The molecular formula is C17H18N4. The smallest absolute Gasteiger partial charge is 0.163 e. The molecule has 0 spiro atoms. The molecule has 0 amide bonds. The van der Waals surface area contributed by atoms with Crippen LogP contribution in [0.25, 0.3) is 0 Å². The van der Waals surface area contributed by atoms with Crippen molar-refractivity contribution < 1.29 is 0 Å². The van der Waals surface area contributed by atoms with Gasteiger partial charge in [-0.25, -0.2) is 0 Å². The molecule has 1 atom stereocenters. The van der Waals surface area contributed by atoms with Crippen LogP contribution < -0.4 is 4.90 Å². The largest absolute Gasteiger partial charge is 0.354 e. The van der Waals surface area contributed by atoms with Gasteiger partial charge in [0.2, 0.25) is 0 Å². The molecule has 2 aromatic rings. The van der Waals surface area contributed by atoms with Crippen molar-refractivity contribution in [3.05, 3.63) is 53.7 Å². The van der Waals surface area contributed by atoms with Gasteiger partial charge in [-0.2, -0.15) is 5.26 Å². The highest BCUT2D eigenvalue weighted by Gasteiger charge is 2.40. The second-order valence-electron chi connectivity index (χ2n) is 6.22. The molecule has 1 aromatic carbocycles. The molecule has 4 heteroatoms. The maximum Gasteiger partial charge on any atom is 0.163 e. The van der Waals surface area contributed by atoms with E-state index >= 15 is 0 Å². The Kier molecular flexibility index (Phi) is 3.34. The van der Waals surface area contributed by atoms with Crippen molar-refractivity contribution in [3.8, 4) is 6.07 Å². The average Bonchev–Trinajstić information content (AvgIpc) is 2.84. The minimum absolute atomic E-state index is 0.178. The van der Waals surface area contributed by atoms with Crippen LogP contribution in [0.2, 0.25) is 0 Å². The summed E-state index contributed by atoms with van der Waals surface area (Å²) in [6, 6.07) is 16.2.